The van der Waals surface area contributed by atoms with E-state index in [4.69, 9.17) is 11.1 Å². The van der Waals surface area contributed by atoms with Crippen molar-refractivity contribution < 1.29 is 0 Å². The molecule has 0 aliphatic carbocycles. The second kappa shape index (κ2) is 7.89. The smallest absolute Gasteiger partial charge is 0.141 e. The maximum atomic E-state index is 7.43. The van der Waals surface area contributed by atoms with Crippen LogP contribution in [0.5, 0.6) is 0 Å². The van der Waals surface area contributed by atoms with Crippen molar-refractivity contribution in [1.82, 2.24) is 9.88 Å². The third-order valence-corrected chi connectivity index (χ3v) is 3.62. The zero-order valence-electron chi connectivity index (χ0n) is 12.3. The van der Waals surface area contributed by atoms with Crippen molar-refractivity contribution >= 4 is 5.84 Å². The monoisotopic (exact) mass is 262 g/mol. The van der Waals surface area contributed by atoms with Gasteiger partial charge in [-0.1, -0.05) is 33.6 Å². The zero-order chi connectivity index (χ0) is 14.3. The highest BCUT2D eigenvalue weighted by atomic mass is 15.1. The molecule has 0 saturated carbocycles. The van der Waals surface area contributed by atoms with Crippen molar-refractivity contribution in [2.75, 3.05) is 13.1 Å². The van der Waals surface area contributed by atoms with Gasteiger partial charge in [0.25, 0.3) is 0 Å². The number of hydrogen-bond donors (Lipinski definition) is 2. The molecule has 0 aliphatic heterocycles. The van der Waals surface area contributed by atoms with Gasteiger partial charge in [-0.05, 0) is 30.2 Å². The number of nitrogen functional groups attached to an aromatic ring is 1. The number of nitrogens with one attached hydrogen (secondary N) is 1. The van der Waals surface area contributed by atoms with Gasteiger partial charge in [0.15, 0.2) is 0 Å². The first-order chi connectivity index (χ1) is 9.10. The van der Waals surface area contributed by atoms with Crippen LogP contribution < -0.4 is 5.73 Å². The lowest BCUT2D eigenvalue weighted by molar-refractivity contribution is 0.226. The highest BCUT2D eigenvalue weighted by Gasteiger charge is 2.11. The standard InChI is InChI=1S/C15H26N4/c1-4-12(5-2)10-19(6-3)11-13-7-8-18-14(9-13)15(16)17/h7-9,12H,4-6,10-11H2,1-3H3,(H3,16,17). The van der Waals surface area contributed by atoms with Gasteiger partial charge >= 0.3 is 0 Å². The maximum absolute atomic E-state index is 7.43. The van der Waals surface area contributed by atoms with Crippen LogP contribution >= 0.6 is 0 Å². The van der Waals surface area contributed by atoms with Crippen LogP contribution in [-0.2, 0) is 6.54 Å². The Morgan fingerprint density at radius 3 is 2.58 bits per heavy atom. The lowest BCUT2D eigenvalue weighted by atomic mass is 10.0. The molecule has 19 heavy (non-hydrogen) atoms. The summed E-state index contributed by atoms with van der Waals surface area (Å²) in [5, 5.41) is 7.43. The Bertz CT molecular complexity index is 399. The van der Waals surface area contributed by atoms with Gasteiger partial charge < -0.3 is 5.73 Å². The lowest BCUT2D eigenvalue weighted by Gasteiger charge is -2.25. The average Bonchev–Trinajstić information content (AvgIpc) is 2.43. The van der Waals surface area contributed by atoms with Crippen LogP contribution in [0.2, 0.25) is 0 Å². The van der Waals surface area contributed by atoms with Gasteiger partial charge in [-0.25, -0.2) is 0 Å². The molecule has 0 aromatic carbocycles. The number of amidine groups is 1. The molecule has 1 aromatic heterocycles. The second-order valence-electron chi connectivity index (χ2n) is 4.97. The van der Waals surface area contributed by atoms with Crippen molar-refractivity contribution in [2.45, 2.75) is 40.2 Å². The van der Waals surface area contributed by atoms with Gasteiger partial charge in [-0.3, -0.25) is 15.3 Å². The normalized spacial score (nSPS) is 11.2. The summed E-state index contributed by atoms with van der Waals surface area (Å²) in [5.74, 6) is 0.791. The molecule has 106 valence electrons. The Balaban J connectivity index is 2.69. The summed E-state index contributed by atoms with van der Waals surface area (Å²) in [6.07, 6.45) is 4.18. The minimum absolute atomic E-state index is 0.0323. The fourth-order valence-corrected chi connectivity index (χ4v) is 2.20. The van der Waals surface area contributed by atoms with E-state index in [1.807, 2.05) is 12.1 Å². The molecule has 0 spiro atoms. The second-order valence-corrected chi connectivity index (χ2v) is 4.97. The predicted molar refractivity (Wildman–Crippen MR) is 80.3 cm³/mol. The number of nitrogens with two attached hydrogens (primary N) is 1. The number of rotatable bonds is 8. The Labute approximate surface area is 116 Å². The van der Waals surface area contributed by atoms with Crippen molar-refractivity contribution in [3.05, 3.63) is 29.6 Å². The van der Waals surface area contributed by atoms with Crippen LogP contribution in [0, 0.1) is 11.3 Å². The minimum Gasteiger partial charge on any atom is -0.382 e. The molecule has 3 N–H and O–H groups in total. The summed E-state index contributed by atoms with van der Waals surface area (Å²) in [4.78, 5) is 6.54. The van der Waals surface area contributed by atoms with E-state index in [9.17, 15) is 0 Å². The largest absolute Gasteiger partial charge is 0.382 e. The summed E-state index contributed by atoms with van der Waals surface area (Å²) in [6, 6.07) is 3.92. The molecule has 0 amide bonds. The number of pyridine rings is 1. The molecule has 0 aliphatic rings. The van der Waals surface area contributed by atoms with Crippen LogP contribution in [0.3, 0.4) is 0 Å². The third-order valence-electron chi connectivity index (χ3n) is 3.62. The predicted octanol–water partition coefficient (Wildman–Crippen LogP) is 2.62. The molecule has 0 unspecified atom stereocenters. The molecule has 0 fully saturated rings. The Morgan fingerprint density at radius 2 is 2.05 bits per heavy atom. The molecule has 4 heteroatoms. The zero-order valence-corrected chi connectivity index (χ0v) is 12.3. The quantitative estimate of drug-likeness (QED) is 0.559. The molecule has 0 atom stereocenters. The molecule has 1 heterocycles. The topological polar surface area (TPSA) is 66.0 Å². The van der Waals surface area contributed by atoms with Gasteiger partial charge in [0.2, 0.25) is 0 Å². The van der Waals surface area contributed by atoms with Gasteiger partial charge in [0, 0.05) is 19.3 Å². The number of hydrogen-bond acceptors (Lipinski definition) is 3. The van der Waals surface area contributed by atoms with E-state index in [0.29, 0.717) is 5.69 Å². The first-order valence-electron chi connectivity index (χ1n) is 7.12. The van der Waals surface area contributed by atoms with E-state index in [1.54, 1.807) is 6.20 Å². The number of aromatic nitrogens is 1. The summed E-state index contributed by atoms with van der Waals surface area (Å²) >= 11 is 0. The van der Waals surface area contributed by atoms with Gasteiger partial charge in [0.1, 0.15) is 11.5 Å². The number of nitrogens with zero attached hydrogens (tertiary/aromatic N) is 2. The Kier molecular flexibility index (Phi) is 6.50. The van der Waals surface area contributed by atoms with Gasteiger partial charge in [0.05, 0.1) is 0 Å². The molecule has 0 bridgehead atoms. The van der Waals surface area contributed by atoms with E-state index >= 15 is 0 Å². The molecule has 0 radical (unpaired) electrons. The van der Waals surface area contributed by atoms with Crippen LogP contribution in [-0.4, -0.2) is 28.8 Å². The van der Waals surface area contributed by atoms with Crippen molar-refractivity contribution in [2.24, 2.45) is 11.7 Å². The molecular formula is C15H26N4. The Morgan fingerprint density at radius 1 is 1.37 bits per heavy atom. The van der Waals surface area contributed by atoms with E-state index in [1.165, 1.54) is 18.4 Å². The summed E-state index contributed by atoms with van der Waals surface area (Å²) in [6.45, 7) is 9.76. The SMILES string of the molecule is CCC(CC)CN(CC)Cc1ccnc(C(=N)N)c1. The van der Waals surface area contributed by atoms with E-state index in [2.05, 4.69) is 30.7 Å². The highest BCUT2D eigenvalue weighted by Crippen LogP contribution is 2.13. The average molecular weight is 262 g/mol. The van der Waals surface area contributed by atoms with Crippen LogP contribution in [0.15, 0.2) is 18.3 Å². The molecular weight excluding hydrogens is 236 g/mol. The summed E-state index contributed by atoms with van der Waals surface area (Å²) in [7, 11) is 0. The lowest BCUT2D eigenvalue weighted by Crippen LogP contribution is -2.29. The van der Waals surface area contributed by atoms with Crippen molar-refractivity contribution in [1.29, 1.82) is 5.41 Å². The molecule has 4 nitrogen and oxygen atoms in total. The van der Waals surface area contributed by atoms with Crippen LogP contribution in [0.25, 0.3) is 0 Å². The van der Waals surface area contributed by atoms with Crippen LogP contribution in [0.1, 0.15) is 44.9 Å². The van der Waals surface area contributed by atoms with Crippen molar-refractivity contribution in [3.63, 3.8) is 0 Å². The van der Waals surface area contributed by atoms with Gasteiger partial charge in [-0.15, -0.1) is 0 Å². The van der Waals surface area contributed by atoms with Crippen LogP contribution in [0.4, 0.5) is 0 Å². The first kappa shape index (κ1) is 15.6. The highest BCUT2D eigenvalue weighted by molar-refractivity contribution is 5.93. The summed E-state index contributed by atoms with van der Waals surface area (Å²) < 4.78 is 0. The van der Waals surface area contributed by atoms with E-state index in [-0.39, 0.29) is 5.84 Å². The minimum atomic E-state index is 0.0323. The fourth-order valence-electron chi connectivity index (χ4n) is 2.20. The van der Waals surface area contributed by atoms with E-state index < -0.39 is 0 Å². The molecule has 1 rings (SSSR count). The van der Waals surface area contributed by atoms with Gasteiger partial charge in [-0.2, -0.15) is 0 Å². The molecule has 1 aromatic rings. The first-order valence-corrected chi connectivity index (χ1v) is 7.12. The van der Waals surface area contributed by atoms with E-state index in [0.717, 1.165) is 25.6 Å². The Hall–Kier alpha value is -1.42. The fraction of sp³-hybridized carbons (Fsp3) is 0.600. The van der Waals surface area contributed by atoms with Crippen molar-refractivity contribution in [3.8, 4) is 0 Å². The third kappa shape index (κ3) is 4.99. The summed E-state index contributed by atoms with van der Waals surface area (Å²) in [5.41, 5.74) is 7.22. The molecule has 0 saturated heterocycles. The maximum Gasteiger partial charge on any atom is 0.141 e.